The number of amides is 2. The van der Waals surface area contributed by atoms with Gasteiger partial charge in [-0.15, -0.1) is 22.7 Å². The molecule has 8 nitrogen and oxygen atoms in total. The molecule has 0 atom stereocenters. The second-order valence-corrected chi connectivity index (χ2v) is 14.5. The third kappa shape index (κ3) is 6.23. The molecule has 5 aromatic carbocycles. The molecule has 48 heavy (non-hydrogen) atoms. The first kappa shape index (κ1) is 31.0. The lowest BCUT2D eigenvalue weighted by Gasteiger charge is -2.21. The fourth-order valence-corrected chi connectivity index (χ4v) is 7.28. The maximum Gasteiger partial charge on any atom is 0.255 e. The quantitative estimate of drug-likeness (QED) is 0.140. The largest absolute Gasteiger partial charge is 0.507 e. The summed E-state index contributed by atoms with van der Waals surface area (Å²) in [5.41, 5.74) is 4.66. The van der Waals surface area contributed by atoms with E-state index in [-0.39, 0.29) is 28.0 Å². The topological polar surface area (TPSA) is 124 Å². The second kappa shape index (κ2) is 12.2. The van der Waals surface area contributed by atoms with Gasteiger partial charge in [0.2, 0.25) is 0 Å². The Kier molecular flexibility index (Phi) is 7.90. The maximum atomic E-state index is 13.5. The smallest absolute Gasteiger partial charge is 0.255 e. The highest BCUT2D eigenvalue weighted by molar-refractivity contribution is 7.22. The summed E-state index contributed by atoms with van der Waals surface area (Å²) in [7, 11) is 0. The van der Waals surface area contributed by atoms with Crippen LogP contribution in [0.25, 0.3) is 41.6 Å². The number of para-hydroxylation sites is 2. The zero-order valence-corrected chi connectivity index (χ0v) is 27.9. The number of carbonyl (C=O) groups is 2. The zero-order valence-electron chi connectivity index (χ0n) is 26.2. The maximum absolute atomic E-state index is 13.5. The number of thiazole rings is 2. The second-order valence-electron chi connectivity index (χ2n) is 12.4. The Labute approximate surface area is 284 Å². The molecule has 0 fully saturated rings. The van der Waals surface area contributed by atoms with E-state index in [1.807, 2.05) is 69.3 Å². The van der Waals surface area contributed by atoms with Crippen LogP contribution < -0.4 is 10.6 Å². The standard InChI is InChI=1S/C38H30N4O4S2/c1-38(2,3)23-17-21(34(45)39-24-12-14-26(30(43)19-24)36-41-28-8-4-6-10-32(28)47-36)16-22(18-23)35(46)40-25-13-15-27(31(44)20-25)37-42-29-9-5-7-11-33(29)48-37/h4-20,43-44H,1-3H3,(H,39,45)(H,40,46). The molecule has 2 heterocycles. The normalized spacial score (nSPS) is 11.6. The van der Waals surface area contributed by atoms with E-state index >= 15 is 0 Å². The summed E-state index contributed by atoms with van der Waals surface area (Å²) in [6, 6.07) is 30.5. The van der Waals surface area contributed by atoms with Crippen LogP contribution in [0.15, 0.2) is 103 Å². The van der Waals surface area contributed by atoms with Gasteiger partial charge in [0.1, 0.15) is 21.5 Å². The van der Waals surface area contributed by atoms with Crippen LogP contribution >= 0.6 is 22.7 Å². The van der Waals surface area contributed by atoms with Crippen LogP contribution in [0.3, 0.4) is 0 Å². The number of aromatic hydroxyl groups is 2. The first-order chi connectivity index (χ1) is 23.0. The zero-order chi connectivity index (χ0) is 33.6. The van der Waals surface area contributed by atoms with Crippen molar-refractivity contribution in [3.8, 4) is 32.6 Å². The van der Waals surface area contributed by atoms with Crippen molar-refractivity contribution in [2.45, 2.75) is 26.2 Å². The van der Waals surface area contributed by atoms with Gasteiger partial charge in [-0.3, -0.25) is 9.59 Å². The summed E-state index contributed by atoms with van der Waals surface area (Å²) in [6.45, 7) is 6.01. The van der Waals surface area contributed by atoms with Crippen LogP contribution in [-0.4, -0.2) is 32.0 Å². The Morgan fingerprint density at radius 1 is 0.604 bits per heavy atom. The number of phenolic OH excluding ortho intramolecular Hbond substituents is 2. The highest BCUT2D eigenvalue weighted by Crippen LogP contribution is 2.38. The molecule has 238 valence electrons. The highest BCUT2D eigenvalue weighted by Gasteiger charge is 2.21. The predicted octanol–water partition coefficient (Wildman–Crippen LogP) is 9.45. The first-order valence-corrected chi connectivity index (χ1v) is 16.8. The van der Waals surface area contributed by atoms with Gasteiger partial charge in [-0.05, 0) is 77.7 Å². The van der Waals surface area contributed by atoms with Crippen LogP contribution in [0, 0.1) is 0 Å². The van der Waals surface area contributed by atoms with Crippen molar-refractivity contribution in [2.75, 3.05) is 10.6 Å². The van der Waals surface area contributed by atoms with Crippen LogP contribution in [0.1, 0.15) is 47.1 Å². The molecular weight excluding hydrogens is 641 g/mol. The van der Waals surface area contributed by atoms with Gasteiger partial charge >= 0.3 is 0 Å². The van der Waals surface area contributed by atoms with Gasteiger partial charge in [0.25, 0.3) is 11.8 Å². The van der Waals surface area contributed by atoms with Crippen molar-refractivity contribution < 1.29 is 19.8 Å². The number of benzene rings is 5. The average Bonchev–Trinajstić information content (AvgIpc) is 3.69. The fraction of sp³-hybridized carbons (Fsp3) is 0.105. The Bertz CT molecular complexity index is 2150. The Morgan fingerprint density at radius 2 is 1.04 bits per heavy atom. The number of anilines is 2. The number of nitrogens with zero attached hydrogens (tertiary/aromatic N) is 2. The number of hydrogen-bond acceptors (Lipinski definition) is 8. The van der Waals surface area contributed by atoms with Gasteiger partial charge in [-0.25, -0.2) is 9.97 Å². The summed E-state index contributed by atoms with van der Waals surface area (Å²) in [4.78, 5) is 36.3. The molecule has 2 aromatic heterocycles. The molecular formula is C38H30N4O4S2. The number of hydrogen-bond donors (Lipinski definition) is 4. The molecule has 10 heteroatoms. The average molecular weight is 671 g/mol. The van der Waals surface area contributed by atoms with Crippen LogP contribution in [0.4, 0.5) is 11.4 Å². The van der Waals surface area contributed by atoms with Crippen molar-refractivity contribution in [1.29, 1.82) is 0 Å². The van der Waals surface area contributed by atoms with Gasteiger partial charge in [0.15, 0.2) is 0 Å². The highest BCUT2D eigenvalue weighted by atomic mass is 32.1. The molecule has 4 N–H and O–H groups in total. The van der Waals surface area contributed by atoms with E-state index in [4.69, 9.17) is 0 Å². The number of nitrogens with one attached hydrogen (secondary N) is 2. The van der Waals surface area contributed by atoms with Crippen molar-refractivity contribution in [3.05, 3.63) is 120 Å². The van der Waals surface area contributed by atoms with Gasteiger partial charge in [-0.2, -0.15) is 0 Å². The minimum absolute atomic E-state index is 0.00669. The van der Waals surface area contributed by atoms with E-state index in [1.165, 1.54) is 40.9 Å². The first-order valence-electron chi connectivity index (χ1n) is 15.2. The predicted molar refractivity (Wildman–Crippen MR) is 194 cm³/mol. The van der Waals surface area contributed by atoms with Gasteiger partial charge in [0.05, 0.1) is 31.6 Å². The Hall–Kier alpha value is -5.58. The summed E-state index contributed by atoms with van der Waals surface area (Å²) >= 11 is 2.96. The molecule has 7 rings (SSSR count). The fourth-order valence-electron chi connectivity index (χ4n) is 5.28. The minimum atomic E-state index is -0.430. The van der Waals surface area contributed by atoms with Crippen molar-refractivity contribution in [2.24, 2.45) is 0 Å². The van der Waals surface area contributed by atoms with Crippen molar-refractivity contribution in [3.63, 3.8) is 0 Å². The molecule has 0 aliphatic rings. The van der Waals surface area contributed by atoms with Gasteiger partial charge < -0.3 is 20.8 Å². The number of carbonyl (C=O) groups excluding carboxylic acids is 2. The number of rotatable bonds is 6. The lowest BCUT2D eigenvalue weighted by Crippen LogP contribution is -2.19. The van der Waals surface area contributed by atoms with Crippen molar-refractivity contribution >= 4 is 66.3 Å². The van der Waals surface area contributed by atoms with Crippen molar-refractivity contribution in [1.82, 2.24) is 9.97 Å². The molecule has 0 bridgehead atoms. The minimum Gasteiger partial charge on any atom is -0.507 e. The molecule has 7 aromatic rings. The summed E-state index contributed by atoms with van der Waals surface area (Å²) < 4.78 is 2.03. The SMILES string of the molecule is CC(C)(C)c1cc(C(=O)Nc2ccc(-c3nc4ccccc4s3)c(O)c2)cc(C(=O)Nc2ccc(-c3nc4ccccc4s3)c(O)c2)c1. The molecule has 0 unspecified atom stereocenters. The van der Waals surface area contributed by atoms with Gasteiger partial charge in [-0.1, -0.05) is 45.0 Å². The van der Waals surface area contributed by atoms with Crippen LogP contribution in [-0.2, 0) is 5.41 Å². The molecule has 0 aliphatic heterocycles. The molecule has 0 saturated carbocycles. The van der Waals surface area contributed by atoms with Crippen LogP contribution in [0.5, 0.6) is 11.5 Å². The number of phenols is 2. The number of aromatic nitrogens is 2. The molecule has 0 aliphatic carbocycles. The van der Waals surface area contributed by atoms with E-state index in [9.17, 15) is 19.8 Å². The third-order valence-corrected chi connectivity index (χ3v) is 10.0. The summed E-state index contributed by atoms with van der Waals surface area (Å²) in [5.74, 6) is -0.874. The summed E-state index contributed by atoms with van der Waals surface area (Å²) in [6.07, 6.45) is 0. The summed E-state index contributed by atoms with van der Waals surface area (Å²) in [5, 5.41) is 28.7. The Balaban J connectivity index is 1.11. The van der Waals surface area contributed by atoms with E-state index < -0.39 is 11.8 Å². The molecule has 0 radical (unpaired) electrons. The lowest BCUT2D eigenvalue weighted by atomic mass is 9.85. The van der Waals surface area contributed by atoms with Gasteiger partial charge in [0, 0.05) is 34.6 Å². The van der Waals surface area contributed by atoms with E-state index in [0.717, 1.165) is 26.0 Å². The number of fused-ring (bicyclic) bond motifs is 2. The van der Waals surface area contributed by atoms with E-state index in [2.05, 4.69) is 20.6 Å². The molecule has 0 spiro atoms. The Morgan fingerprint density at radius 3 is 1.44 bits per heavy atom. The third-order valence-electron chi connectivity index (χ3n) is 7.88. The van der Waals surface area contributed by atoms with Crippen LogP contribution in [0.2, 0.25) is 0 Å². The van der Waals surface area contributed by atoms with E-state index in [1.54, 1.807) is 36.4 Å². The lowest BCUT2D eigenvalue weighted by molar-refractivity contribution is 0.102. The monoisotopic (exact) mass is 670 g/mol. The molecule has 2 amide bonds. The molecule has 0 saturated heterocycles. The van der Waals surface area contributed by atoms with E-state index in [0.29, 0.717) is 32.5 Å².